The van der Waals surface area contributed by atoms with Crippen LogP contribution in [0.4, 0.5) is 0 Å². The third-order valence-electron chi connectivity index (χ3n) is 4.42. The molecule has 0 aliphatic carbocycles. The van der Waals surface area contributed by atoms with Gasteiger partial charge in [0.25, 0.3) is 0 Å². The van der Waals surface area contributed by atoms with Gasteiger partial charge in [0.2, 0.25) is 0 Å². The number of ether oxygens (including phenoxy) is 2. The fraction of sp³-hybridized carbons (Fsp3) is 0.231. The summed E-state index contributed by atoms with van der Waals surface area (Å²) < 4.78 is 11.3. The van der Waals surface area contributed by atoms with Crippen LogP contribution in [0.3, 0.4) is 0 Å². The molecule has 3 rings (SSSR count). The summed E-state index contributed by atoms with van der Waals surface area (Å²) in [5.41, 5.74) is 2.96. The van der Waals surface area contributed by atoms with Gasteiger partial charge in [-0.2, -0.15) is 0 Å². The number of nitrogens with one attached hydrogen (secondary N) is 1. The molecule has 0 radical (unpaired) electrons. The molecule has 0 heterocycles. The van der Waals surface area contributed by atoms with Gasteiger partial charge in [-0.1, -0.05) is 18.2 Å². The third-order valence-corrected chi connectivity index (χ3v) is 4.42. The van der Waals surface area contributed by atoms with Gasteiger partial charge < -0.3 is 9.47 Å². The summed E-state index contributed by atoms with van der Waals surface area (Å²) >= 11 is 0. The molecule has 0 aromatic heterocycles. The monoisotopic (exact) mass is 401 g/mol. The second kappa shape index (κ2) is 9.40. The molecule has 1 N–H and O–H groups in total. The number of hydrogen-bond acceptors (Lipinski definition) is 4. The van der Waals surface area contributed by atoms with Crippen LogP contribution in [0.5, 0.6) is 11.5 Å². The molecule has 0 bridgehead atoms. The van der Waals surface area contributed by atoms with Crippen molar-refractivity contribution in [2.45, 2.75) is 39.9 Å². The summed E-state index contributed by atoms with van der Waals surface area (Å²) in [5.74, 6) is 1.43. The standard InChI is InChI=1S/C26H27NO3/c1-17(2)29-23-12-8-19(9-13-23)25(27)21-6-5-7-22(16-21)26(28)20-10-14-24(15-11-20)30-18(3)4/h5-18,27H,1-4H3. The summed E-state index contributed by atoms with van der Waals surface area (Å²) in [5, 5.41) is 8.55. The van der Waals surface area contributed by atoms with E-state index in [0.29, 0.717) is 22.4 Å². The quantitative estimate of drug-likeness (QED) is 0.377. The van der Waals surface area contributed by atoms with Crippen molar-refractivity contribution >= 4 is 11.5 Å². The van der Waals surface area contributed by atoms with Gasteiger partial charge in [0.1, 0.15) is 11.5 Å². The Morgan fingerprint density at radius 2 is 1.13 bits per heavy atom. The van der Waals surface area contributed by atoms with Crippen molar-refractivity contribution in [1.82, 2.24) is 0 Å². The van der Waals surface area contributed by atoms with Crippen LogP contribution < -0.4 is 9.47 Å². The Kier molecular flexibility index (Phi) is 6.68. The summed E-state index contributed by atoms with van der Waals surface area (Å²) in [7, 11) is 0. The minimum atomic E-state index is -0.0820. The topological polar surface area (TPSA) is 59.4 Å². The van der Waals surface area contributed by atoms with Crippen molar-refractivity contribution in [3.63, 3.8) is 0 Å². The second-order valence-corrected chi connectivity index (χ2v) is 7.67. The lowest BCUT2D eigenvalue weighted by atomic mass is 9.97. The Hall–Kier alpha value is -3.40. The smallest absolute Gasteiger partial charge is 0.193 e. The predicted octanol–water partition coefficient (Wildman–Crippen LogP) is 5.91. The van der Waals surface area contributed by atoms with Gasteiger partial charge in [0.15, 0.2) is 5.78 Å². The van der Waals surface area contributed by atoms with E-state index in [0.717, 1.165) is 17.1 Å². The first-order chi connectivity index (χ1) is 14.3. The first-order valence-electron chi connectivity index (χ1n) is 10.1. The highest BCUT2D eigenvalue weighted by Crippen LogP contribution is 2.20. The van der Waals surface area contributed by atoms with Gasteiger partial charge in [-0.15, -0.1) is 0 Å². The van der Waals surface area contributed by atoms with Crippen LogP contribution in [0.1, 0.15) is 54.7 Å². The lowest BCUT2D eigenvalue weighted by Crippen LogP contribution is -2.08. The molecule has 0 fully saturated rings. The largest absolute Gasteiger partial charge is 0.491 e. The highest BCUT2D eigenvalue weighted by Gasteiger charge is 2.13. The Morgan fingerprint density at radius 3 is 1.63 bits per heavy atom. The van der Waals surface area contributed by atoms with Gasteiger partial charge in [-0.25, -0.2) is 0 Å². The maximum absolute atomic E-state index is 12.9. The molecule has 3 aromatic carbocycles. The zero-order chi connectivity index (χ0) is 21.7. The number of rotatable bonds is 8. The minimum Gasteiger partial charge on any atom is -0.491 e. The van der Waals surface area contributed by atoms with Gasteiger partial charge >= 0.3 is 0 Å². The number of carbonyl (C=O) groups is 1. The van der Waals surface area contributed by atoms with E-state index in [9.17, 15) is 4.79 Å². The first kappa shape index (κ1) is 21.3. The highest BCUT2D eigenvalue weighted by atomic mass is 16.5. The van der Waals surface area contributed by atoms with Gasteiger partial charge in [0.05, 0.1) is 17.9 Å². The normalized spacial score (nSPS) is 10.9. The molecule has 4 nitrogen and oxygen atoms in total. The van der Waals surface area contributed by atoms with E-state index < -0.39 is 0 Å². The Labute approximate surface area is 178 Å². The van der Waals surface area contributed by atoms with E-state index in [1.54, 1.807) is 36.4 Å². The fourth-order valence-electron chi connectivity index (χ4n) is 3.08. The molecule has 0 aliphatic rings. The molecule has 0 saturated carbocycles. The lowest BCUT2D eigenvalue weighted by Gasteiger charge is -2.11. The molecule has 4 heteroatoms. The molecular weight excluding hydrogens is 374 g/mol. The molecule has 0 aliphatic heterocycles. The third kappa shape index (κ3) is 5.35. The maximum Gasteiger partial charge on any atom is 0.193 e. The average Bonchev–Trinajstić information content (AvgIpc) is 2.73. The van der Waals surface area contributed by atoms with Crippen molar-refractivity contribution in [1.29, 1.82) is 5.41 Å². The molecule has 0 atom stereocenters. The Morgan fingerprint density at radius 1 is 0.667 bits per heavy atom. The van der Waals surface area contributed by atoms with E-state index in [-0.39, 0.29) is 18.0 Å². The van der Waals surface area contributed by atoms with Crippen LogP contribution in [0.2, 0.25) is 0 Å². The van der Waals surface area contributed by atoms with Crippen LogP contribution in [0.25, 0.3) is 0 Å². The SMILES string of the molecule is CC(C)Oc1ccc(C(=N)c2cccc(C(=O)c3ccc(OC(C)C)cc3)c2)cc1. The van der Waals surface area contributed by atoms with Crippen LogP contribution >= 0.6 is 0 Å². The molecule has 0 spiro atoms. The van der Waals surface area contributed by atoms with Crippen LogP contribution in [0.15, 0.2) is 72.8 Å². The summed E-state index contributed by atoms with van der Waals surface area (Å²) in [6.45, 7) is 7.88. The van der Waals surface area contributed by atoms with Crippen LogP contribution in [-0.2, 0) is 0 Å². The Bertz CT molecular complexity index is 938. The first-order valence-corrected chi connectivity index (χ1v) is 10.1. The molecule has 0 saturated heterocycles. The zero-order valence-electron chi connectivity index (χ0n) is 17.8. The van der Waals surface area contributed by atoms with Gasteiger partial charge in [-0.3, -0.25) is 10.2 Å². The average molecular weight is 402 g/mol. The van der Waals surface area contributed by atoms with Crippen molar-refractivity contribution < 1.29 is 14.3 Å². The highest BCUT2D eigenvalue weighted by molar-refractivity contribution is 6.14. The van der Waals surface area contributed by atoms with Gasteiger partial charge in [0, 0.05) is 22.3 Å². The van der Waals surface area contributed by atoms with E-state index in [4.69, 9.17) is 14.9 Å². The van der Waals surface area contributed by atoms with E-state index in [1.807, 2.05) is 64.1 Å². The summed E-state index contributed by atoms with van der Waals surface area (Å²) in [6, 6.07) is 21.8. The van der Waals surface area contributed by atoms with Crippen molar-refractivity contribution in [3.05, 3.63) is 95.1 Å². The van der Waals surface area contributed by atoms with Gasteiger partial charge in [-0.05, 0) is 82.3 Å². The zero-order valence-corrected chi connectivity index (χ0v) is 17.8. The number of benzene rings is 3. The molecular formula is C26H27NO3. The minimum absolute atomic E-state index is 0.0820. The number of ketones is 1. The van der Waals surface area contributed by atoms with Crippen molar-refractivity contribution in [2.75, 3.05) is 0 Å². The second-order valence-electron chi connectivity index (χ2n) is 7.67. The Balaban J connectivity index is 1.78. The molecule has 0 amide bonds. The van der Waals surface area contributed by atoms with Crippen LogP contribution in [0, 0.1) is 5.41 Å². The van der Waals surface area contributed by atoms with Crippen LogP contribution in [-0.4, -0.2) is 23.7 Å². The van der Waals surface area contributed by atoms with Crippen molar-refractivity contribution in [2.24, 2.45) is 0 Å². The maximum atomic E-state index is 12.9. The fourth-order valence-corrected chi connectivity index (χ4v) is 3.08. The molecule has 0 unspecified atom stereocenters. The van der Waals surface area contributed by atoms with E-state index in [1.165, 1.54) is 0 Å². The number of hydrogen-bond donors (Lipinski definition) is 1. The summed E-state index contributed by atoms with van der Waals surface area (Å²) in [4.78, 5) is 12.9. The van der Waals surface area contributed by atoms with E-state index >= 15 is 0 Å². The van der Waals surface area contributed by atoms with E-state index in [2.05, 4.69) is 0 Å². The van der Waals surface area contributed by atoms with Crippen molar-refractivity contribution in [3.8, 4) is 11.5 Å². The molecule has 3 aromatic rings. The molecule has 30 heavy (non-hydrogen) atoms. The predicted molar refractivity (Wildman–Crippen MR) is 120 cm³/mol. The lowest BCUT2D eigenvalue weighted by molar-refractivity contribution is 0.103. The molecule has 154 valence electrons. The summed E-state index contributed by atoms with van der Waals surface area (Å²) in [6.07, 6.45) is 0.184. The number of carbonyl (C=O) groups excluding carboxylic acids is 1.